The Morgan fingerprint density at radius 3 is 2.25 bits per heavy atom. The van der Waals surface area contributed by atoms with Crippen LogP contribution in [-0.4, -0.2) is 10.9 Å². The van der Waals surface area contributed by atoms with Crippen LogP contribution < -0.4 is 10.6 Å². The van der Waals surface area contributed by atoms with E-state index in [0.29, 0.717) is 16.2 Å². The van der Waals surface area contributed by atoms with E-state index in [1.807, 2.05) is 60.7 Å². The SMILES string of the molecule is CC[C@@H](NC(=S)Nc1cccc(C(=O)c2ccc(C(C)(C)C)cc2)c1)c1ccccc1C. The van der Waals surface area contributed by atoms with E-state index in [-0.39, 0.29) is 17.2 Å². The summed E-state index contributed by atoms with van der Waals surface area (Å²) < 4.78 is 0. The number of carbonyl (C=O) groups excluding carboxylic acids is 1. The van der Waals surface area contributed by atoms with Crippen LogP contribution in [0, 0.1) is 6.92 Å². The van der Waals surface area contributed by atoms with E-state index in [9.17, 15) is 4.79 Å². The fraction of sp³-hybridized carbons (Fsp3) is 0.286. The minimum Gasteiger partial charge on any atom is -0.356 e. The normalized spacial score (nSPS) is 12.2. The Kier molecular flexibility index (Phi) is 7.47. The largest absolute Gasteiger partial charge is 0.356 e. The van der Waals surface area contributed by atoms with Gasteiger partial charge in [0.1, 0.15) is 0 Å². The number of nitrogens with one attached hydrogen (secondary N) is 2. The second-order valence-electron chi connectivity index (χ2n) is 9.15. The predicted molar refractivity (Wildman–Crippen MR) is 139 cm³/mol. The Labute approximate surface area is 197 Å². The van der Waals surface area contributed by atoms with Gasteiger partial charge in [0, 0.05) is 16.8 Å². The van der Waals surface area contributed by atoms with Gasteiger partial charge in [-0.15, -0.1) is 0 Å². The van der Waals surface area contributed by atoms with Crippen molar-refractivity contribution in [2.24, 2.45) is 0 Å². The smallest absolute Gasteiger partial charge is 0.193 e. The molecule has 2 N–H and O–H groups in total. The van der Waals surface area contributed by atoms with Crippen molar-refractivity contribution in [1.29, 1.82) is 0 Å². The molecule has 3 aromatic rings. The number of rotatable bonds is 6. The van der Waals surface area contributed by atoms with Gasteiger partial charge in [-0.1, -0.05) is 88.4 Å². The third-order valence-electron chi connectivity index (χ3n) is 5.67. The second kappa shape index (κ2) is 10.1. The Hall–Kier alpha value is -2.98. The van der Waals surface area contributed by atoms with Crippen molar-refractivity contribution in [3.8, 4) is 0 Å². The number of carbonyl (C=O) groups is 1. The molecule has 0 bridgehead atoms. The molecule has 0 saturated carbocycles. The minimum atomic E-state index is -0.000619. The first-order valence-electron chi connectivity index (χ1n) is 11.1. The Bertz CT molecular complexity index is 1100. The van der Waals surface area contributed by atoms with Crippen molar-refractivity contribution < 1.29 is 4.79 Å². The molecule has 32 heavy (non-hydrogen) atoms. The van der Waals surface area contributed by atoms with E-state index in [0.717, 1.165) is 12.1 Å². The maximum atomic E-state index is 13.0. The van der Waals surface area contributed by atoms with Gasteiger partial charge < -0.3 is 10.6 Å². The number of benzene rings is 3. The molecule has 3 rings (SSSR count). The zero-order valence-corrected chi connectivity index (χ0v) is 20.3. The van der Waals surface area contributed by atoms with E-state index < -0.39 is 0 Å². The van der Waals surface area contributed by atoms with E-state index >= 15 is 0 Å². The summed E-state index contributed by atoms with van der Waals surface area (Å²) in [6.45, 7) is 10.7. The molecule has 0 aliphatic heterocycles. The second-order valence-corrected chi connectivity index (χ2v) is 9.56. The fourth-order valence-electron chi connectivity index (χ4n) is 3.73. The summed E-state index contributed by atoms with van der Waals surface area (Å²) in [4.78, 5) is 13.0. The van der Waals surface area contributed by atoms with Crippen LogP contribution in [0.3, 0.4) is 0 Å². The van der Waals surface area contributed by atoms with Crippen LogP contribution in [0.1, 0.15) is 72.8 Å². The van der Waals surface area contributed by atoms with Crippen LogP contribution in [0.25, 0.3) is 0 Å². The molecule has 0 heterocycles. The van der Waals surface area contributed by atoms with Gasteiger partial charge in [0.15, 0.2) is 10.9 Å². The van der Waals surface area contributed by atoms with Crippen molar-refractivity contribution in [2.45, 2.75) is 52.5 Å². The molecule has 0 amide bonds. The van der Waals surface area contributed by atoms with E-state index in [2.05, 4.69) is 57.4 Å². The molecule has 0 aromatic heterocycles. The van der Waals surface area contributed by atoms with Gasteiger partial charge in [0.2, 0.25) is 0 Å². The first-order chi connectivity index (χ1) is 15.2. The van der Waals surface area contributed by atoms with E-state index in [4.69, 9.17) is 12.2 Å². The Morgan fingerprint density at radius 2 is 1.62 bits per heavy atom. The highest BCUT2D eigenvalue weighted by Crippen LogP contribution is 2.24. The summed E-state index contributed by atoms with van der Waals surface area (Å²) in [5.74, 6) is -0.000619. The van der Waals surface area contributed by atoms with Crippen molar-refractivity contribution in [2.75, 3.05) is 5.32 Å². The van der Waals surface area contributed by atoms with Crippen LogP contribution in [0.5, 0.6) is 0 Å². The van der Waals surface area contributed by atoms with Gasteiger partial charge in [-0.2, -0.15) is 0 Å². The molecule has 166 valence electrons. The number of anilines is 1. The van der Waals surface area contributed by atoms with E-state index in [1.54, 1.807) is 0 Å². The third kappa shape index (κ3) is 5.83. The lowest BCUT2D eigenvalue weighted by Crippen LogP contribution is -2.32. The molecule has 0 aliphatic rings. The third-order valence-corrected chi connectivity index (χ3v) is 5.89. The van der Waals surface area contributed by atoms with Crippen molar-refractivity contribution >= 4 is 28.8 Å². The van der Waals surface area contributed by atoms with Crippen LogP contribution in [0.2, 0.25) is 0 Å². The number of thiocarbonyl (C=S) groups is 1. The summed E-state index contributed by atoms with van der Waals surface area (Å²) in [5, 5.41) is 7.19. The van der Waals surface area contributed by atoms with Gasteiger partial charge in [0.05, 0.1) is 6.04 Å². The summed E-state index contributed by atoms with van der Waals surface area (Å²) in [5.41, 5.74) is 5.84. The van der Waals surface area contributed by atoms with Gasteiger partial charge >= 0.3 is 0 Å². The Balaban J connectivity index is 1.71. The lowest BCUT2D eigenvalue weighted by atomic mass is 9.86. The highest BCUT2D eigenvalue weighted by molar-refractivity contribution is 7.80. The number of hydrogen-bond acceptors (Lipinski definition) is 2. The van der Waals surface area contributed by atoms with Gasteiger partial charge in [-0.25, -0.2) is 0 Å². The summed E-state index contributed by atoms with van der Waals surface area (Å²) in [6, 6.07) is 23.8. The molecule has 3 nitrogen and oxygen atoms in total. The molecule has 0 spiro atoms. The Morgan fingerprint density at radius 1 is 0.938 bits per heavy atom. The lowest BCUT2D eigenvalue weighted by molar-refractivity contribution is 0.103. The monoisotopic (exact) mass is 444 g/mol. The van der Waals surface area contributed by atoms with Crippen molar-refractivity contribution in [3.63, 3.8) is 0 Å². The molecule has 3 aromatic carbocycles. The van der Waals surface area contributed by atoms with E-state index in [1.165, 1.54) is 16.7 Å². The quantitative estimate of drug-likeness (QED) is 0.318. The lowest BCUT2D eigenvalue weighted by Gasteiger charge is -2.21. The van der Waals surface area contributed by atoms with Crippen LogP contribution in [0.15, 0.2) is 72.8 Å². The molecule has 0 saturated heterocycles. The number of aryl methyl sites for hydroxylation is 1. The highest BCUT2D eigenvalue weighted by Gasteiger charge is 2.16. The first-order valence-corrected chi connectivity index (χ1v) is 11.5. The zero-order valence-electron chi connectivity index (χ0n) is 19.5. The molecule has 0 aliphatic carbocycles. The van der Waals surface area contributed by atoms with Gasteiger partial charge in [-0.05, 0) is 59.8 Å². The zero-order chi connectivity index (χ0) is 23.3. The molecule has 0 fully saturated rings. The van der Waals surface area contributed by atoms with Crippen LogP contribution in [-0.2, 0) is 5.41 Å². The van der Waals surface area contributed by atoms with Gasteiger partial charge in [-0.3, -0.25) is 4.79 Å². The number of ketones is 1. The maximum absolute atomic E-state index is 13.0. The van der Waals surface area contributed by atoms with Crippen LogP contribution >= 0.6 is 12.2 Å². The molecular formula is C28H32N2OS. The van der Waals surface area contributed by atoms with Gasteiger partial charge in [0.25, 0.3) is 0 Å². The first kappa shape index (κ1) is 23.7. The molecule has 0 unspecified atom stereocenters. The summed E-state index contributed by atoms with van der Waals surface area (Å²) in [6.07, 6.45) is 0.912. The predicted octanol–water partition coefficient (Wildman–Crippen LogP) is 6.96. The standard InChI is InChI=1S/C28H32N2OS/c1-6-25(24-13-8-7-10-19(24)2)30-27(32)29-23-12-9-11-21(18-23)26(31)20-14-16-22(17-15-20)28(3,4)5/h7-18,25H,6H2,1-5H3,(H2,29,30,32)/t25-/m1/s1. The average molecular weight is 445 g/mol. The average Bonchev–Trinajstić information content (AvgIpc) is 2.77. The van der Waals surface area contributed by atoms with Crippen LogP contribution in [0.4, 0.5) is 5.69 Å². The summed E-state index contributed by atoms with van der Waals surface area (Å²) in [7, 11) is 0. The highest BCUT2D eigenvalue weighted by atomic mass is 32.1. The topological polar surface area (TPSA) is 41.1 Å². The molecule has 0 radical (unpaired) electrons. The summed E-state index contributed by atoms with van der Waals surface area (Å²) >= 11 is 5.57. The van der Waals surface area contributed by atoms with Crippen molar-refractivity contribution in [3.05, 3.63) is 101 Å². The van der Waals surface area contributed by atoms with Crippen molar-refractivity contribution in [1.82, 2.24) is 5.32 Å². The molecule has 4 heteroatoms. The molecular weight excluding hydrogens is 412 g/mol. The minimum absolute atomic E-state index is 0.000619. The fourth-order valence-corrected chi connectivity index (χ4v) is 3.99. The maximum Gasteiger partial charge on any atom is 0.193 e. The number of hydrogen-bond donors (Lipinski definition) is 2. The molecule has 1 atom stereocenters.